The smallest absolute Gasteiger partial charge is 0.251 e. The summed E-state index contributed by atoms with van der Waals surface area (Å²) in [7, 11) is 0. The maximum absolute atomic E-state index is 13.7. The van der Waals surface area contributed by atoms with Crippen molar-refractivity contribution in [2.24, 2.45) is 0 Å². The van der Waals surface area contributed by atoms with Crippen molar-refractivity contribution in [3.8, 4) is 0 Å². The first-order valence-electron chi connectivity index (χ1n) is 7.81. The number of nitrogens with zero attached hydrogens (tertiary/aromatic N) is 1. The summed E-state index contributed by atoms with van der Waals surface area (Å²) >= 11 is 0. The Balaban J connectivity index is 1.91. The van der Waals surface area contributed by atoms with Crippen molar-refractivity contribution < 1.29 is 14.0 Å². The van der Waals surface area contributed by atoms with Crippen molar-refractivity contribution in [2.45, 2.75) is 20.4 Å². The highest BCUT2D eigenvalue weighted by atomic mass is 19.1. The van der Waals surface area contributed by atoms with Gasteiger partial charge in [-0.2, -0.15) is 0 Å². The highest BCUT2D eigenvalue weighted by Crippen LogP contribution is 2.10. The lowest BCUT2D eigenvalue weighted by Crippen LogP contribution is -2.37. The zero-order chi connectivity index (χ0) is 17.5. The van der Waals surface area contributed by atoms with Gasteiger partial charge in [0.25, 0.3) is 5.91 Å². The first-order valence-corrected chi connectivity index (χ1v) is 7.81. The van der Waals surface area contributed by atoms with Crippen molar-refractivity contribution in [1.29, 1.82) is 0 Å². The minimum Gasteiger partial charge on any atom is -0.350 e. The zero-order valence-electron chi connectivity index (χ0n) is 13.9. The Morgan fingerprint density at radius 1 is 1.12 bits per heavy atom. The van der Waals surface area contributed by atoms with E-state index in [1.165, 1.54) is 17.9 Å². The molecule has 126 valence electrons. The summed E-state index contributed by atoms with van der Waals surface area (Å²) in [6.45, 7) is 4.16. The fourth-order valence-electron chi connectivity index (χ4n) is 2.37. The molecule has 0 radical (unpaired) electrons. The Labute approximate surface area is 141 Å². The molecule has 1 N–H and O–H groups in total. The topological polar surface area (TPSA) is 49.4 Å². The molecule has 0 aliphatic heterocycles. The van der Waals surface area contributed by atoms with Gasteiger partial charge in [0.05, 0.1) is 0 Å². The maximum atomic E-state index is 13.7. The van der Waals surface area contributed by atoms with Gasteiger partial charge in [-0.1, -0.05) is 35.9 Å². The summed E-state index contributed by atoms with van der Waals surface area (Å²) in [5.74, 6) is -0.691. The van der Waals surface area contributed by atoms with Gasteiger partial charge < -0.3 is 10.2 Å². The van der Waals surface area contributed by atoms with Crippen LogP contribution in [0.4, 0.5) is 4.39 Å². The molecule has 0 heterocycles. The van der Waals surface area contributed by atoms with Crippen LogP contribution in [-0.2, 0) is 11.3 Å². The maximum Gasteiger partial charge on any atom is 0.251 e. The van der Waals surface area contributed by atoms with Crippen LogP contribution in [0.3, 0.4) is 0 Å². The van der Waals surface area contributed by atoms with Crippen LogP contribution in [0.2, 0.25) is 0 Å². The van der Waals surface area contributed by atoms with Gasteiger partial charge in [-0.3, -0.25) is 9.59 Å². The molecule has 0 fully saturated rings. The van der Waals surface area contributed by atoms with Gasteiger partial charge in [-0.15, -0.1) is 0 Å². The average molecular weight is 328 g/mol. The molecule has 0 saturated carbocycles. The van der Waals surface area contributed by atoms with E-state index < -0.39 is 0 Å². The Morgan fingerprint density at radius 2 is 1.88 bits per heavy atom. The zero-order valence-corrected chi connectivity index (χ0v) is 13.9. The first kappa shape index (κ1) is 17.7. The summed E-state index contributed by atoms with van der Waals surface area (Å²) in [5, 5.41) is 2.79. The number of halogens is 1. The van der Waals surface area contributed by atoms with Gasteiger partial charge in [0.2, 0.25) is 5.91 Å². The number of carbonyl (C=O) groups excluding carboxylic acids is 2. The van der Waals surface area contributed by atoms with Crippen LogP contribution in [0.1, 0.15) is 28.4 Å². The number of benzene rings is 2. The molecule has 0 unspecified atom stereocenters. The van der Waals surface area contributed by atoms with Gasteiger partial charge >= 0.3 is 0 Å². The molecule has 5 heteroatoms. The number of amides is 2. The van der Waals surface area contributed by atoms with Gasteiger partial charge in [0.15, 0.2) is 0 Å². The second-order valence-corrected chi connectivity index (χ2v) is 5.66. The Kier molecular flexibility index (Phi) is 6.07. The lowest BCUT2D eigenvalue weighted by molar-refractivity contribution is -0.129. The summed E-state index contributed by atoms with van der Waals surface area (Å²) in [5.41, 5.74) is 2.05. The number of carbonyl (C=O) groups is 2. The monoisotopic (exact) mass is 328 g/mol. The number of hydrogen-bond acceptors (Lipinski definition) is 2. The van der Waals surface area contributed by atoms with Crippen molar-refractivity contribution in [3.63, 3.8) is 0 Å². The Hall–Kier alpha value is -2.69. The largest absolute Gasteiger partial charge is 0.350 e. The van der Waals surface area contributed by atoms with E-state index in [-0.39, 0.29) is 24.2 Å². The molecule has 2 aromatic carbocycles. The predicted molar refractivity (Wildman–Crippen MR) is 91.0 cm³/mol. The number of hydrogen-bond donors (Lipinski definition) is 1. The van der Waals surface area contributed by atoms with E-state index in [0.29, 0.717) is 24.2 Å². The molecule has 0 atom stereocenters. The molecule has 0 aromatic heterocycles. The van der Waals surface area contributed by atoms with E-state index >= 15 is 0 Å². The Bertz CT molecular complexity index is 731. The third kappa shape index (κ3) is 4.91. The predicted octanol–water partition coefficient (Wildman–Crippen LogP) is 2.91. The SMILES string of the molecule is CC(=O)N(CCNC(=O)c1cccc(C)c1)Cc1ccccc1F. The highest BCUT2D eigenvalue weighted by molar-refractivity contribution is 5.94. The second kappa shape index (κ2) is 8.24. The van der Waals surface area contributed by atoms with Gasteiger partial charge in [-0.25, -0.2) is 4.39 Å². The van der Waals surface area contributed by atoms with E-state index in [2.05, 4.69) is 5.32 Å². The normalized spacial score (nSPS) is 10.3. The summed E-state index contributed by atoms with van der Waals surface area (Å²) in [4.78, 5) is 25.3. The van der Waals surface area contributed by atoms with E-state index in [4.69, 9.17) is 0 Å². The molecular formula is C19H21FN2O2. The summed E-state index contributed by atoms with van der Waals surface area (Å²) in [6, 6.07) is 13.6. The third-order valence-corrected chi connectivity index (χ3v) is 3.71. The molecule has 0 spiro atoms. The molecule has 0 aliphatic carbocycles. The standard InChI is InChI=1S/C19H21FN2O2/c1-14-6-5-8-16(12-14)19(24)21-10-11-22(15(2)23)13-17-7-3-4-9-18(17)20/h3-9,12H,10-11,13H2,1-2H3,(H,21,24). The van der Waals surface area contributed by atoms with Crippen LogP contribution in [-0.4, -0.2) is 29.8 Å². The average Bonchev–Trinajstić information content (AvgIpc) is 2.55. The van der Waals surface area contributed by atoms with Gasteiger partial charge in [0, 0.05) is 37.7 Å². The lowest BCUT2D eigenvalue weighted by atomic mass is 10.1. The lowest BCUT2D eigenvalue weighted by Gasteiger charge is -2.21. The van der Waals surface area contributed by atoms with Crippen LogP contribution in [0, 0.1) is 12.7 Å². The molecule has 0 aliphatic rings. The highest BCUT2D eigenvalue weighted by Gasteiger charge is 2.12. The van der Waals surface area contributed by atoms with Crippen molar-refractivity contribution in [3.05, 3.63) is 71.0 Å². The van der Waals surface area contributed by atoms with Crippen molar-refractivity contribution >= 4 is 11.8 Å². The molecular weight excluding hydrogens is 307 g/mol. The molecule has 24 heavy (non-hydrogen) atoms. The minimum absolute atomic E-state index is 0.164. The fraction of sp³-hybridized carbons (Fsp3) is 0.263. The van der Waals surface area contributed by atoms with Crippen LogP contribution >= 0.6 is 0 Å². The van der Waals surface area contributed by atoms with Gasteiger partial charge in [-0.05, 0) is 25.1 Å². The van der Waals surface area contributed by atoms with Crippen LogP contribution in [0.5, 0.6) is 0 Å². The van der Waals surface area contributed by atoms with Crippen LogP contribution in [0.25, 0.3) is 0 Å². The molecule has 0 bridgehead atoms. The minimum atomic E-state index is -0.340. The quantitative estimate of drug-likeness (QED) is 0.886. The summed E-state index contributed by atoms with van der Waals surface area (Å²) < 4.78 is 13.7. The number of nitrogens with one attached hydrogen (secondary N) is 1. The van der Waals surface area contributed by atoms with E-state index in [1.807, 2.05) is 19.1 Å². The van der Waals surface area contributed by atoms with Gasteiger partial charge in [0.1, 0.15) is 5.82 Å². The second-order valence-electron chi connectivity index (χ2n) is 5.66. The van der Waals surface area contributed by atoms with Crippen molar-refractivity contribution in [1.82, 2.24) is 10.2 Å². The molecule has 2 amide bonds. The molecule has 0 saturated heterocycles. The Morgan fingerprint density at radius 3 is 2.54 bits per heavy atom. The van der Waals surface area contributed by atoms with E-state index in [9.17, 15) is 14.0 Å². The van der Waals surface area contributed by atoms with E-state index in [1.54, 1.807) is 30.3 Å². The van der Waals surface area contributed by atoms with Crippen LogP contribution < -0.4 is 5.32 Å². The molecule has 2 aromatic rings. The number of aryl methyl sites for hydroxylation is 1. The van der Waals surface area contributed by atoms with E-state index in [0.717, 1.165) is 5.56 Å². The molecule has 2 rings (SSSR count). The summed E-state index contributed by atoms with van der Waals surface area (Å²) in [6.07, 6.45) is 0. The van der Waals surface area contributed by atoms with Crippen molar-refractivity contribution in [2.75, 3.05) is 13.1 Å². The third-order valence-electron chi connectivity index (χ3n) is 3.71. The first-order chi connectivity index (χ1) is 11.5. The number of rotatable bonds is 6. The fourth-order valence-corrected chi connectivity index (χ4v) is 2.37. The molecule has 4 nitrogen and oxygen atoms in total. The van der Waals surface area contributed by atoms with Crippen LogP contribution in [0.15, 0.2) is 48.5 Å².